The van der Waals surface area contributed by atoms with Gasteiger partial charge in [0.15, 0.2) is 5.78 Å². The summed E-state index contributed by atoms with van der Waals surface area (Å²) in [5, 5.41) is 3.65. The molecule has 0 radical (unpaired) electrons. The first kappa shape index (κ1) is 19.2. The highest BCUT2D eigenvalue weighted by molar-refractivity contribution is 5.98. The Morgan fingerprint density at radius 3 is 2.38 bits per heavy atom. The van der Waals surface area contributed by atoms with E-state index in [4.69, 9.17) is 0 Å². The molecule has 26 heavy (non-hydrogen) atoms. The van der Waals surface area contributed by atoms with Gasteiger partial charge in [-0.15, -0.1) is 0 Å². The van der Waals surface area contributed by atoms with Crippen molar-refractivity contribution in [1.82, 2.24) is 5.32 Å². The van der Waals surface area contributed by atoms with Crippen molar-refractivity contribution in [2.75, 3.05) is 0 Å². The molecular formula is C24H35NO. The van der Waals surface area contributed by atoms with Gasteiger partial charge >= 0.3 is 0 Å². The second-order valence-corrected chi connectivity index (χ2v) is 9.96. The number of allylic oxidation sites excluding steroid dienone is 1. The molecule has 0 spiro atoms. The lowest BCUT2D eigenvalue weighted by Gasteiger charge is -2.36. The molecule has 2 nitrogen and oxygen atoms in total. The van der Waals surface area contributed by atoms with Crippen molar-refractivity contribution in [2.24, 2.45) is 5.92 Å². The third kappa shape index (κ3) is 4.39. The van der Waals surface area contributed by atoms with Crippen LogP contribution in [0.25, 0.3) is 5.70 Å². The highest BCUT2D eigenvalue weighted by atomic mass is 16.1. The maximum absolute atomic E-state index is 13.0. The molecule has 0 amide bonds. The van der Waals surface area contributed by atoms with Gasteiger partial charge in [0.05, 0.1) is 0 Å². The average molecular weight is 354 g/mol. The van der Waals surface area contributed by atoms with Gasteiger partial charge in [-0.2, -0.15) is 0 Å². The quantitative estimate of drug-likeness (QED) is 0.538. The summed E-state index contributed by atoms with van der Waals surface area (Å²) < 4.78 is 0. The van der Waals surface area contributed by atoms with Crippen LogP contribution in [0.2, 0.25) is 0 Å². The lowest BCUT2D eigenvalue weighted by Crippen LogP contribution is -2.44. The Balaban J connectivity index is 1.97. The number of fused-ring (bicyclic) bond motifs is 1. The summed E-state index contributed by atoms with van der Waals surface area (Å²) in [5.74, 6) is 0.533. The van der Waals surface area contributed by atoms with Gasteiger partial charge < -0.3 is 5.32 Å². The van der Waals surface area contributed by atoms with Crippen LogP contribution in [-0.2, 0) is 16.6 Å². The monoisotopic (exact) mass is 353 g/mol. The van der Waals surface area contributed by atoms with Crippen LogP contribution < -0.4 is 5.32 Å². The third-order valence-electron chi connectivity index (χ3n) is 5.92. The van der Waals surface area contributed by atoms with Crippen LogP contribution in [0.5, 0.6) is 0 Å². The zero-order chi connectivity index (χ0) is 18.9. The van der Waals surface area contributed by atoms with E-state index in [9.17, 15) is 4.79 Å². The third-order valence-corrected chi connectivity index (χ3v) is 5.92. The van der Waals surface area contributed by atoms with Crippen molar-refractivity contribution in [3.8, 4) is 0 Å². The molecule has 0 aromatic heterocycles. The lowest BCUT2D eigenvalue weighted by molar-refractivity contribution is -0.118. The van der Waals surface area contributed by atoms with E-state index in [1.54, 1.807) is 0 Å². The van der Waals surface area contributed by atoms with Crippen LogP contribution in [0.15, 0.2) is 24.3 Å². The minimum absolute atomic E-state index is 0.0220. The van der Waals surface area contributed by atoms with Gasteiger partial charge in [0.2, 0.25) is 0 Å². The number of benzene rings is 1. The van der Waals surface area contributed by atoms with E-state index in [2.05, 4.69) is 58.1 Å². The van der Waals surface area contributed by atoms with E-state index < -0.39 is 0 Å². The molecule has 1 N–H and O–H groups in total. The molecule has 2 aliphatic rings. The zero-order valence-electron chi connectivity index (χ0n) is 17.2. The Morgan fingerprint density at radius 2 is 1.77 bits per heavy atom. The van der Waals surface area contributed by atoms with E-state index in [0.717, 1.165) is 25.0 Å². The van der Waals surface area contributed by atoms with Gasteiger partial charge in [0.1, 0.15) is 0 Å². The predicted molar refractivity (Wildman–Crippen MR) is 110 cm³/mol. The molecule has 142 valence electrons. The first-order chi connectivity index (χ1) is 12.2. The van der Waals surface area contributed by atoms with Gasteiger partial charge in [0.25, 0.3) is 0 Å². The molecule has 1 heterocycles. The summed E-state index contributed by atoms with van der Waals surface area (Å²) in [6, 6.07) is 6.82. The molecule has 1 saturated carbocycles. The van der Waals surface area contributed by atoms with Crippen LogP contribution in [0.3, 0.4) is 0 Å². The number of ketones is 1. The minimum Gasteiger partial charge on any atom is -0.379 e. The molecular weight excluding hydrogens is 318 g/mol. The van der Waals surface area contributed by atoms with E-state index in [1.807, 2.05) is 6.08 Å². The number of nitrogens with one attached hydrogen (secondary N) is 1. The Bertz CT molecular complexity index is 697. The number of hydrogen-bond donors (Lipinski definition) is 1. The standard InChI is InChI=1S/C24H35NO/c1-23(2,3)19-13-12-18-16-24(4,5)25-21(20(18)14-19)15-22(26)17-10-8-6-7-9-11-17/h12-15,17,25H,6-11,16H2,1-5H3/b21-15-. The van der Waals surface area contributed by atoms with Gasteiger partial charge in [-0.3, -0.25) is 4.79 Å². The first-order valence-corrected chi connectivity index (χ1v) is 10.3. The van der Waals surface area contributed by atoms with Crippen molar-refractivity contribution in [3.05, 3.63) is 41.0 Å². The summed E-state index contributed by atoms with van der Waals surface area (Å²) in [7, 11) is 0. The number of hydrogen-bond acceptors (Lipinski definition) is 2. The Labute approximate surface area is 159 Å². The first-order valence-electron chi connectivity index (χ1n) is 10.3. The van der Waals surface area contributed by atoms with Crippen molar-refractivity contribution in [2.45, 2.75) is 90.5 Å². The van der Waals surface area contributed by atoms with Crippen molar-refractivity contribution >= 4 is 11.5 Å². The Kier molecular flexibility index (Phi) is 5.33. The zero-order valence-corrected chi connectivity index (χ0v) is 17.2. The number of carbonyl (C=O) groups is 1. The van der Waals surface area contributed by atoms with Crippen molar-refractivity contribution in [1.29, 1.82) is 0 Å². The second kappa shape index (κ2) is 7.21. The van der Waals surface area contributed by atoms with Crippen molar-refractivity contribution < 1.29 is 4.79 Å². The van der Waals surface area contributed by atoms with E-state index >= 15 is 0 Å². The molecule has 2 heteroatoms. The fourth-order valence-corrected chi connectivity index (χ4v) is 4.34. The lowest BCUT2D eigenvalue weighted by atomic mass is 9.80. The molecule has 1 aromatic rings. The van der Waals surface area contributed by atoms with E-state index in [1.165, 1.54) is 42.4 Å². The van der Waals surface area contributed by atoms with Crippen molar-refractivity contribution in [3.63, 3.8) is 0 Å². The topological polar surface area (TPSA) is 29.1 Å². The van der Waals surface area contributed by atoms with Gasteiger partial charge in [0, 0.05) is 28.8 Å². The normalized spacial score (nSPS) is 22.4. The Hall–Kier alpha value is -1.57. The van der Waals surface area contributed by atoms with Gasteiger partial charge in [-0.05, 0) is 55.7 Å². The number of carbonyl (C=O) groups excluding carboxylic acids is 1. The molecule has 1 aliphatic heterocycles. The molecule has 0 bridgehead atoms. The SMILES string of the molecule is CC1(C)Cc2ccc(C(C)(C)C)cc2/C(=C/C(=O)C2CCCCCC2)N1. The summed E-state index contributed by atoms with van der Waals surface area (Å²) in [4.78, 5) is 13.0. The summed E-state index contributed by atoms with van der Waals surface area (Å²) in [6.07, 6.45) is 9.98. The minimum atomic E-state index is -0.0220. The summed E-state index contributed by atoms with van der Waals surface area (Å²) in [5.41, 5.74) is 5.01. The summed E-state index contributed by atoms with van der Waals surface area (Å²) in [6.45, 7) is 11.2. The highest BCUT2D eigenvalue weighted by Crippen LogP contribution is 2.34. The van der Waals surface area contributed by atoms with Crippen LogP contribution in [0.1, 0.15) is 89.8 Å². The average Bonchev–Trinajstić information content (AvgIpc) is 2.81. The van der Waals surface area contributed by atoms with Gasteiger partial charge in [-0.1, -0.05) is 58.6 Å². The highest BCUT2D eigenvalue weighted by Gasteiger charge is 2.30. The predicted octanol–water partition coefficient (Wildman–Crippen LogP) is 5.79. The number of rotatable bonds is 2. The molecule has 1 fully saturated rings. The largest absolute Gasteiger partial charge is 0.379 e. The maximum atomic E-state index is 13.0. The van der Waals surface area contributed by atoms with Crippen LogP contribution in [0, 0.1) is 5.92 Å². The fourth-order valence-electron chi connectivity index (χ4n) is 4.34. The van der Waals surface area contributed by atoms with E-state index in [0.29, 0.717) is 5.78 Å². The van der Waals surface area contributed by atoms with Crippen LogP contribution in [0.4, 0.5) is 0 Å². The summed E-state index contributed by atoms with van der Waals surface area (Å²) >= 11 is 0. The molecule has 3 rings (SSSR count). The maximum Gasteiger partial charge on any atom is 0.160 e. The second-order valence-electron chi connectivity index (χ2n) is 9.96. The smallest absolute Gasteiger partial charge is 0.160 e. The van der Waals surface area contributed by atoms with Gasteiger partial charge in [-0.25, -0.2) is 0 Å². The molecule has 0 saturated heterocycles. The van der Waals surface area contributed by atoms with Crippen LogP contribution in [-0.4, -0.2) is 11.3 Å². The fraction of sp³-hybridized carbons (Fsp3) is 0.625. The molecule has 0 atom stereocenters. The van der Waals surface area contributed by atoms with Crippen LogP contribution >= 0.6 is 0 Å². The Morgan fingerprint density at radius 1 is 1.12 bits per heavy atom. The van der Waals surface area contributed by atoms with E-state index in [-0.39, 0.29) is 16.9 Å². The molecule has 0 unspecified atom stereocenters. The molecule has 1 aromatic carbocycles. The molecule has 1 aliphatic carbocycles.